The van der Waals surface area contributed by atoms with Crippen LogP contribution in [0.2, 0.25) is 0 Å². The number of aromatic nitrogens is 1. The predicted molar refractivity (Wildman–Crippen MR) is 86.9 cm³/mol. The molecule has 0 aliphatic carbocycles. The van der Waals surface area contributed by atoms with Crippen molar-refractivity contribution in [3.05, 3.63) is 36.7 Å². The monoisotopic (exact) mass is 307 g/mol. The summed E-state index contributed by atoms with van der Waals surface area (Å²) in [6.45, 7) is 6.09. The Morgan fingerprint density at radius 1 is 1.19 bits per heavy atom. The third kappa shape index (κ3) is 3.92. The fourth-order valence-electron chi connectivity index (χ4n) is 1.97. The summed E-state index contributed by atoms with van der Waals surface area (Å²) in [4.78, 5) is 4.06. The molecule has 1 atom stereocenters. The highest BCUT2D eigenvalue weighted by Crippen LogP contribution is 2.23. The molecular weight excluding hydrogens is 286 g/mol. The summed E-state index contributed by atoms with van der Waals surface area (Å²) in [5.41, 5.74) is 0.567. The average Bonchev–Trinajstić information content (AvgIpc) is 2.44. The molecule has 21 heavy (non-hydrogen) atoms. The summed E-state index contributed by atoms with van der Waals surface area (Å²) in [6, 6.07) is 7.63. The van der Waals surface area contributed by atoms with E-state index < -0.39 is 15.3 Å². The van der Waals surface area contributed by atoms with Crippen molar-refractivity contribution in [3.8, 4) is 0 Å². The Labute approximate surface area is 125 Å². The van der Waals surface area contributed by atoms with Crippen LogP contribution in [0.25, 0.3) is 10.8 Å². The number of hydrogen-bond donors (Lipinski definition) is 2. The molecule has 0 saturated heterocycles. The lowest BCUT2D eigenvalue weighted by atomic mass is 10.1. The van der Waals surface area contributed by atoms with Crippen molar-refractivity contribution < 1.29 is 8.42 Å². The average molecular weight is 307 g/mol. The van der Waals surface area contributed by atoms with Crippen molar-refractivity contribution in [2.75, 3.05) is 11.3 Å². The van der Waals surface area contributed by atoms with Gasteiger partial charge in [0, 0.05) is 30.4 Å². The first-order chi connectivity index (χ1) is 9.90. The van der Waals surface area contributed by atoms with E-state index in [1.165, 1.54) is 0 Å². The molecule has 2 N–H and O–H groups in total. The molecule has 0 aliphatic heterocycles. The van der Waals surface area contributed by atoms with Crippen LogP contribution in [-0.4, -0.2) is 31.2 Å². The highest BCUT2D eigenvalue weighted by Gasteiger charge is 2.21. The SMILES string of the molecule is CC(C)NCC(C)S(=O)(=O)Nc1cccc2ccncc12. The van der Waals surface area contributed by atoms with Crippen LogP contribution in [0.1, 0.15) is 20.8 Å². The van der Waals surface area contributed by atoms with Crippen molar-refractivity contribution in [1.82, 2.24) is 10.3 Å². The summed E-state index contributed by atoms with van der Waals surface area (Å²) in [5, 5.41) is 4.38. The summed E-state index contributed by atoms with van der Waals surface area (Å²) in [6.07, 6.45) is 3.36. The Morgan fingerprint density at radius 2 is 1.95 bits per heavy atom. The largest absolute Gasteiger partial charge is 0.313 e. The number of fused-ring (bicyclic) bond motifs is 1. The number of rotatable bonds is 6. The molecule has 1 aromatic heterocycles. The Morgan fingerprint density at radius 3 is 2.67 bits per heavy atom. The van der Waals surface area contributed by atoms with E-state index in [1.54, 1.807) is 25.4 Å². The van der Waals surface area contributed by atoms with Gasteiger partial charge < -0.3 is 5.32 Å². The van der Waals surface area contributed by atoms with E-state index in [2.05, 4.69) is 15.0 Å². The number of pyridine rings is 1. The zero-order valence-corrected chi connectivity index (χ0v) is 13.3. The van der Waals surface area contributed by atoms with Gasteiger partial charge in [-0.1, -0.05) is 26.0 Å². The van der Waals surface area contributed by atoms with E-state index in [4.69, 9.17) is 0 Å². The van der Waals surface area contributed by atoms with E-state index >= 15 is 0 Å². The first-order valence-electron chi connectivity index (χ1n) is 6.98. The molecule has 0 fully saturated rings. The Hall–Kier alpha value is -1.66. The van der Waals surface area contributed by atoms with Gasteiger partial charge in [-0.25, -0.2) is 8.42 Å². The molecule has 114 valence electrons. The van der Waals surface area contributed by atoms with Gasteiger partial charge in [-0.15, -0.1) is 0 Å². The molecule has 0 spiro atoms. The van der Waals surface area contributed by atoms with Crippen LogP contribution in [-0.2, 0) is 10.0 Å². The van der Waals surface area contributed by atoms with Crippen molar-refractivity contribution in [3.63, 3.8) is 0 Å². The van der Waals surface area contributed by atoms with E-state index in [0.29, 0.717) is 12.2 Å². The van der Waals surface area contributed by atoms with Gasteiger partial charge in [-0.2, -0.15) is 0 Å². The Kier molecular flexibility index (Phi) is 4.80. The van der Waals surface area contributed by atoms with Crippen molar-refractivity contribution in [2.24, 2.45) is 0 Å². The number of anilines is 1. The summed E-state index contributed by atoms with van der Waals surface area (Å²) >= 11 is 0. The zero-order chi connectivity index (χ0) is 15.5. The van der Waals surface area contributed by atoms with Crippen LogP contribution in [0.3, 0.4) is 0 Å². The molecule has 2 rings (SSSR count). The Bertz CT molecular complexity index is 708. The van der Waals surface area contributed by atoms with Crippen molar-refractivity contribution in [1.29, 1.82) is 0 Å². The quantitative estimate of drug-likeness (QED) is 0.859. The van der Waals surface area contributed by atoms with E-state index in [-0.39, 0.29) is 6.04 Å². The lowest BCUT2D eigenvalue weighted by molar-refractivity contribution is 0.553. The number of hydrogen-bond acceptors (Lipinski definition) is 4. The van der Waals surface area contributed by atoms with Gasteiger partial charge in [-0.3, -0.25) is 9.71 Å². The first-order valence-corrected chi connectivity index (χ1v) is 8.52. The van der Waals surface area contributed by atoms with E-state index in [1.807, 2.05) is 32.0 Å². The summed E-state index contributed by atoms with van der Waals surface area (Å²) in [5.74, 6) is 0. The van der Waals surface area contributed by atoms with Crippen LogP contribution < -0.4 is 10.0 Å². The molecule has 1 heterocycles. The van der Waals surface area contributed by atoms with Crippen LogP contribution in [0.5, 0.6) is 0 Å². The number of nitrogens with one attached hydrogen (secondary N) is 2. The van der Waals surface area contributed by atoms with Crippen molar-refractivity contribution in [2.45, 2.75) is 32.1 Å². The second-order valence-electron chi connectivity index (χ2n) is 5.42. The standard InChI is InChI=1S/C15H21N3O2S/c1-11(2)17-9-12(3)21(19,20)18-15-6-4-5-13-7-8-16-10-14(13)15/h4-8,10-12,17-18H,9H2,1-3H3. The Balaban J connectivity index is 2.22. The normalized spacial score (nSPS) is 13.5. The zero-order valence-electron chi connectivity index (χ0n) is 12.5. The maximum Gasteiger partial charge on any atom is 0.236 e. The third-order valence-electron chi connectivity index (χ3n) is 3.28. The second-order valence-corrected chi connectivity index (χ2v) is 7.52. The molecule has 0 radical (unpaired) electrons. The first kappa shape index (κ1) is 15.7. The maximum atomic E-state index is 12.4. The fraction of sp³-hybridized carbons (Fsp3) is 0.400. The minimum Gasteiger partial charge on any atom is -0.313 e. The van der Waals surface area contributed by atoms with E-state index in [0.717, 1.165) is 10.8 Å². The highest BCUT2D eigenvalue weighted by molar-refractivity contribution is 7.93. The van der Waals surface area contributed by atoms with Crippen LogP contribution >= 0.6 is 0 Å². The van der Waals surface area contributed by atoms with E-state index in [9.17, 15) is 8.42 Å². The number of benzene rings is 1. The van der Waals surface area contributed by atoms with Gasteiger partial charge >= 0.3 is 0 Å². The van der Waals surface area contributed by atoms with Gasteiger partial charge in [0.1, 0.15) is 0 Å². The van der Waals surface area contributed by atoms with Crippen molar-refractivity contribution >= 4 is 26.5 Å². The molecule has 6 heteroatoms. The highest BCUT2D eigenvalue weighted by atomic mass is 32.2. The maximum absolute atomic E-state index is 12.4. The molecule has 0 amide bonds. The minimum absolute atomic E-state index is 0.254. The molecular formula is C15H21N3O2S. The third-order valence-corrected chi connectivity index (χ3v) is 5.01. The number of sulfonamides is 1. The molecule has 1 aromatic carbocycles. The smallest absolute Gasteiger partial charge is 0.236 e. The minimum atomic E-state index is -3.44. The van der Waals surface area contributed by atoms with Gasteiger partial charge in [0.25, 0.3) is 0 Å². The summed E-state index contributed by atoms with van der Waals surface area (Å²) in [7, 11) is -3.44. The molecule has 5 nitrogen and oxygen atoms in total. The predicted octanol–water partition coefficient (Wildman–Crippen LogP) is 2.36. The molecule has 2 aromatic rings. The van der Waals surface area contributed by atoms with Gasteiger partial charge in [0.2, 0.25) is 10.0 Å². The van der Waals surface area contributed by atoms with Crippen LogP contribution in [0.4, 0.5) is 5.69 Å². The van der Waals surface area contributed by atoms with Gasteiger partial charge in [0.15, 0.2) is 0 Å². The van der Waals surface area contributed by atoms with Gasteiger partial charge in [-0.05, 0) is 24.4 Å². The lowest BCUT2D eigenvalue weighted by Gasteiger charge is -2.17. The fourth-order valence-corrected chi connectivity index (χ4v) is 2.97. The topological polar surface area (TPSA) is 71.1 Å². The molecule has 0 saturated carbocycles. The second kappa shape index (κ2) is 6.41. The number of nitrogens with zero attached hydrogens (tertiary/aromatic N) is 1. The molecule has 0 bridgehead atoms. The lowest BCUT2D eigenvalue weighted by Crippen LogP contribution is -2.37. The van der Waals surface area contributed by atoms with Gasteiger partial charge in [0.05, 0.1) is 10.9 Å². The van der Waals surface area contributed by atoms with Crippen LogP contribution in [0.15, 0.2) is 36.7 Å². The molecule has 0 aliphatic rings. The molecule has 1 unspecified atom stereocenters. The summed E-state index contributed by atoms with van der Waals surface area (Å²) < 4.78 is 27.4. The van der Waals surface area contributed by atoms with Crippen LogP contribution in [0, 0.1) is 0 Å².